The number of carbonyl (C=O) groups is 1. The molecule has 1 amide bonds. The molecule has 0 atom stereocenters. The molecule has 0 spiro atoms. The zero-order valence-corrected chi connectivity index (χ0v) is 11.2. The van der Waals surface area contributed by atoms with E-state index in [0.29, 0.717) is 18.8 Å². The van der Waals surface area contributed by atoms with Crippen LogP contribution in [0.4, 0.5) is 0 Å². The van der Waals surface area contributed by atoms with Crippen LogP contribution in [0.15, 0.2) is 6.20 Å². The second-order valence-electron chi connectivity index (χ2n) is 5.29. The minimum atomic E-state index is -0.713. The first-order valence-electron chi connectivity index (χ1n) is 6.58. The topological polar surface area (TPSA) is 97.3 Å². The third-order valence-electron chi connectivity index (χ3n) is 3.58. The van der Waals surface area contributed by atoms with Gasteiger partial charge in [0.15, 0.2) is 0 Å². The first kappa shape index (κ1) is 14.0. The minimum absolute atomic E-state index is 0.0891. The summed E-state index contributed by atoms with van der Waals surface area (Å²) in [5.74, 6) is -0.0891. The fourth-order valence-corrected chi connectivity index (χ4v) is 2.49. The van der Waals surface area contributed by atoms with E-state index in [1.165, 1.54) is 4.68 Å². The molecule has 0 unspecified atom stereocenters. The Balaban J connectivity index is 1.88. The molecule has 7 nitrogen and oxygen atoms in total. The van der Waals surface area contributed by atoms with E-state index < -0.39 is 5.60 Å². The number of hydrogen-bond acceptors (Lipinski definition) is 5. The molecule has 0 bridgehead atoms. The Bertz CT molecular complexity index is 439. The summed E-state index contributed by atoms with van der Waals surface area (Å²) in [7, 11) is 1.71. The third kappa shape index (κ3) is 3.51. The molecule has 0 saturated heterocycles. The Morgan fingerprint density at radius 1 is 1.58 bits per heavy atom. The van der Waals surface area contributed by atoms with E-state index in [1.54, 1.807) is 18.1 Å². The normalized spacial score (nSPS) is 17.6. The van der Waals surface area contributed by atoms with Crippen LogP contribution in [-0.4, -0.2) is 50.1 Å². The largest absolute Gasteiger partial charge is 0.388 e. The molecule has 1 aromatic rings. The SMILES string of the molecule is CN(CC1(O)CCCC1)C(=O)Cn1cc(CN)nn1. The van der Waals surface area contributed by atoms with E-state index in [2.05, 4.69) is 10.3 Å². The Morgan fingerprint density at radius 3 is 2.84 bits per heavy atom. The van der Waals surface area contributed by atoms with E-state index in [-0.39, 0.29) is 12.5 Å². The number of aliphatic hydroxyl groups is 1. The molecule has 106 valence electrons. The number of rotatable bonds is 5. The van der Waals surface area contributed by atoms with Crippen LogP contribution in [0.5, 0.6) is 0 Å². The van der Waals surface area contributed by atoms with Crippen LogP contribution in [0.2, 0.25) is 0 Å². The lowest BCUT2D eigenvalue weighted by molar-refractivity contribution is -0.134. The number of nitrogens with zero attached hydrogens (tertiary/aromatic N) is 4. The highest BCUT2D eigenvalue weighted by molar-refractivity contribution is 5.75. The standard InChI is InChI=1S/C12H21N5O2/c1-16(9-12(19)4-2-3-5-12)11(18)8-17-7-10(6-13)14-15-17/h7,19H,2-6,8-9,13H2,1H3. The predicted octanol–water partition coefficient (Wildman–Crippen LogP) is -0.500. The van der Waals surface area contributed by atoms with Gasteiger partial charge in [-0.15, -0.1) is 5.10 Å². The minimum Gasteiger partial charge on any atom is -0.388 e. The second kappa shape index (κ2) is 5.66. The number of likely N-dealkylation sites (N-methyl/N-ethyl adjacent to an activating group) is 1. The van der Waals surface area contributed by atoms with Gasteiger partial charge in [0.25, 0.3) is 0 Å². The summed E-state index contributed by atoms with van der Waals surface area (Å²) in [6.45, 7) is 0.813. The van der Waals surface area contributed by atoms with E-state index in [0.717, 1.165) is 25.7 Å². The molecule has 1 heterocycles. The Labute approximate surface area is 112 Å². The van der Waals surface area contributed by atoms with Crippen molar-refractivity contribution < 1.29 is 9.90 Å². The van der Waals surface area contributed by atoms with Crippen LogP contribution in [0.3, 0.4) is 0 Å². The van der Waals surface area contributed by atoms with Gasteiger partial charge in [-0.25, -0.2) is 4.68 Å². The van der Waals surface area contributed by atoms with Gasteiger partial charge < -0.3 is 15.7 Å². The van der Waals surface area contributed by atoms with Gasteiger partial charge in [0.05, 0.1) is 17.5 Å². The maximum Gasteiger partial charge on any atom is 0.244 e. The van der Waals surface area contributed by atoms with Crippen molar-refractivity contribution in [1.82, 2.24) is 19.9 Å². The van der Waals surface area contributed by atoms with Crippen molar-refractivity contribution in [2.24, 2.45) is 5.73 Å². The van der Waals surface area contributed by atoms with E-state index in [4.69, 9.17) is 5.73 Å². The van der Waals surface area contributed by atoms with Crippen molar-refractivity contribution in [1.29, 1.82) is 0 Å². The molecule has 0 radical (unpaired) electrons. The Hall–Kier alpha value is -1.47. The number of hydrogen-bond donors (Lipinski definition) is 2. The van der Waals surface area contributed by atoms with Gasteiger partial charge in [0.1, 0.15) is 6.54 Å². The summed E-state index contributed by atoms with van der Waals surface area (Å²) in [6.07, 6.45) is 5.26. The van der Waals surface area contributed by atoms with Crippen molar-refractivity contribution >= 4 is 5.91 Å². The van der Waals surface area contributed by atoms with E-state index in [1.807, 2.05) is 0 Å². The second-order valence-corrected chi connectivity index (χ2v) is 5.29. The average Bonchev–Trinajstić information content (AvgIpc) is 2.98. The Morgan fingerprint density at radius 2 is 2.26 bits per heavy atom. The highest BCUT2D eigenvalue weighted by atomic mass is 16.3. The van der Waals surface area contributed by atoms with Crippen LogP contribution in [0.25, 0.3) is 0 Å². The molecule has 1 saturated carbocycles. The lowest BCUT2D eigenvalue weighted by atomic mass is 10.0. The third-order valence-corrected chi connectivity index (χ3v) is 3.58. The zero-order chi connectivity index (χ0) is 13.9. The number of amides is 1. The molecular weight excluding hydrogens is 246 g/mol. The molecule has 19 heavy (non-hydrogen) atoms. The van der Waals surface area contributed by atoms with E-state index in [9.17, 15) is 9.90 Å². The average molecular weight is 267 g/mol. The summed E-state index contributed by atoms with van der Waals surface area (Å²) in [5, 5.41) is 17.9. The molecule has 3 N–H and O–H groups in total. The number of aromatic nitrogens is 3. The Kier molecular flexibility index (Phi) is 4.16. The molecule has 1 aromatic heterocycles. The van der Waals surface area contributed by atoms with Crippen LogP contribution in [-0.2, 0) is 17.9 Å². The highest BCUT2D eigenvalue weighted by Gasteiger charge is 2.33. The monoisotopic (exact) mass is 267 g/mol. The van der Waals surface area contributed by atoms with Gasteiger partial charge in [-0.05, 0) is 12.8 Å². The van der Waals surface area contributed by atoms with Gasteiger partial charge in [-0.3, -0.25) is 4.79 Å². The van der Waals surface area contributed by atoms with Gasteiger partial charge >= 0.3 is 0 Å². The summed E-state index contributed by atoms with van der Waals surface area (Å²) < 4.78 is 1.47. The molecular formula is C12H21N5O2. The fraction of sp³-hybridized carbons (Fsp3) is 0.750. The van der Waals surface area contributed by atoms with Crippen molar-refractivity contribution in [2.45, 2.75) is 44.4 Å². The molecule has 0 aromatic carbocycles. The van der Waals surface area contributed by atoms with Crippen molar-refractivity contribution in [2.75, 3.05) is 13.6 Å². The maximum atomic E-state index is 12.0. The molecule has 1 aliphatic carbocycles. The smallest absolute Gasteiger partial charge is 0.244 e. The summed E-state index contributed by atoms with van der Waals surface area (Å²) in [4.78, 5) is 13.6. The summed E-state index contributed by atoms with van der Waals surface area (Å²) in [6, 6.07) is 0. The number of carbonyl (C=O) groups excluding carboxylic acids is 1. The van der Waals surface area contributed by atoms with Crippen molar-refractivity contribution in [3.05, 3.63) is 11.9 Å². The first-order chi connectivity index (χ1) is 9.02. The number of nitrogens with two attached hydrogens (primary N) is 1. The van der Waals surface area contributed by atoms with Gasteiger partial charge in [-0.2, -0.15) is 0 Å². The molecule has 7 heteroatoms. The molecule has 1 aliphatic rings. The van der Waals surface area contributed by atoms with Crippen LogP contribution >= 0.6 is 0 Å². The van der Waals surface area contributed by atoms with Crippen molar-refractivity contribution in [3.63, 3.8) is 0 Å². The van der Waals surface area contributed by atoms with E-state index >= 15 is 0 Å². The molecule has 1 fully saturated rings. The van der Waals surface area contributed by atoms with Gasteiger partial charge in [0, 0.05) is 20.1 Å². The maximum absolute atomic E-state index is 12.0. The first-order valence-corrected chi connectivity index (χ1v) is 6.58. The van der Waals surface area contributed by atoms with Gasteiger partial charge in [0.2, 0.25) is 5.91 Å². The lowest BCUT2D eigenvalue weighted by Gasteiger charge is -2.28. The molecule has 0 aliphatic heterocycles. The molecule has 2 rings (SSSR count). The van der Waals surface area contributed by atoms with Crippen LogP contribution in [0.1, 0.15) is 31.4 Å². The predicted molar refractivity (Wildman–Crippen MR) is 69.0 cm³/mol. The summed E-state index contributed by atoms with van der Waals surface area (Å²) >= 11 is 0. The fourth-order valence-electron chi connectivity index (χ4n) is 2.49. The van der Waals surface area contributed by atoms with Crippen molar-refractivity contribution in [3.8, 4) is 0 Å². The van der Waals surface area contributed by atoms with Gasteiger partial charge in [-0.1, -0.05) is 18.1 Å². The van der Waals surface area contributed by atoms with Crippen LogP contribution in [0, 0.1) is 0 Å². The lowest BCUT2D eigenvalue weighted by Crippen LogP contribution is -2.43. The zero-order valence-electron chi connectivity index (χ0n) is 11.2. The highest BCUT2D eigenvalue weighted by Crippen LogP contribution is 2.29. The van der Waals surface area contributed by atoms with Crippen LogP contribution < -0.4 is 5.73 Å². The quantitative estimate of drug-likeness (QED) is 0.749. The summed E-state index contributed by atoms with van der Waals surface area (Å²) in [5.41, 5.74) is 5.38.